The molecule has 0 amide bonds. The normalized spacial score (nSPS) is 11.1. The Morgan fingerprint density at radius 1 is 0.870 bits per heavy atom. The van der Waals surface area contributed by atoms with Crippen LogP contribution in [-0.2, 0) is 0 Å². The number of ketones is 2. The van der Waals surface area contributed by atoms with Gasteiger partial charge < -0.3 is 4.74 Å². The summed E-state index contributed by atoms with van der Waals surface area (Å²) >= 11 is 0. The van der Waals surface area contributed by atoms with Gasteiger partial charge in [0.1, 0.15) is 5.75 Å². The maximum Gasteiger partial charge on any atom is 0.573 e. The molecule has 23 heavy (non-hydrogen) atoms. The van der Waals surface area contributed by atoms with E-state index in [1.165, 1.54) is 12.1 Å². The van der Waals surface area contributed by atoms with Crippen LogP contribution in [0.4, 0.5) is 13.2 Å². The van der Waals surface area contributed by atoms with Crippen LogP contribution in [0.3, 0.4) is 0 Å². The lowest BCUT2D eigenvalue weighted by Gasteiger charge is -2.09. The smallest absolute Gasteiger partial charge is 0.406 e. The molecular formula is C17H13F3O3. The average Bonchev–Trinajstić information content (AvgIpc) is 2.46. The highest BCUT2D eigenvalue weighted by atomic mass is 19.4. The Morgan fingerprint density at radius 2 is 1.30 bits per heavy atom. The number of benzene rings is 2. The SMILES string of the molecule is Cc1ccc(C(=O)CC(=O)c2ccc(OC(F)(F)F)cc2)cc1. The van der Waals surface area contributed by atoms with Gasteiger partial charge in [0.15, 0.2) is 11.6 Å². The fraction of sp³-hybridized carbons (Fsp3) is 0.176. The summed E-state index contributed by atoms with van der Waals surface area (Å²) < 4.78 is 39.9. The van der Waals surface area contributed by atoms with Crippen LogP contribution in [0.25, 0.3) is 0 Å². The molecule has 2 aromatic rings. The van der Waals surface area contributed by atoms with Crippen LogP contribution in [0.2, 0.25) is 0 Å². The molecule has 120 valence electrons. The van der Waals surface area contributed by atoms with Gasteiger partial charge in [0, 0.05) is 11.1 Å². The lowest BCUT2D eigenvalue weighted by molar-refractivity contribution is -0.274. The molecule has 0 aliphatic heterocycles. The average molecular weight is 322 g/mol. The molecule has 0 heterocycles. The van der Waals surface area contributed by atoms with Crippen LogP contribution in [0.5, 0.6) is 5.75 Å². The molecule has 2 aromatic carbocycles. The fourth-order valence-corrected chi connectivity index (χ4v) is 1.93. The van der Waals surface area contributed by atoms with Crippen LogP contribution >= 0.6 is 0 Å². The molecule has 0 saturated carbocycles. The van der Waals surface area contributed by atoms with Crippen molar-refractivity contribution < 1.29 is 27.5 Å². The minimum Gasteiger partial charge on any atom is -0.406 e. The predicted octanol–water partition coefficient (Wildman–Crippen LogP) is 4.35. The second-order valence-corrected chi connectivity index (χ2v) is 4.96. The van der Waals surface area contributed by atoms with E-state index < -0.39 is 17.9 Å². The maximum absolute atomic E-state index is 12.1. The Bertz CT molecular complexity index is 701. The topological polar surface area (TPSA) is 43.4 Å². The molecule has 0 atom stereocenters. The van der Waals surface area contributed by atoms with E-state index in [0.29, 0.717) is 5.56 Å². The van der Waals surface area contributed by atoms with E-state index in [1.54, 1.807) is 24.3 Å². The molecule has 2 rings (SSSR count). The molecule has 0 aliphatic carbocycles. The molecule has 0 aromatic heterocycles. The molecule has 6 heteroatoms. The van der Waals surface area contributed by atoms with Gasteiger partial charge in [0.2, 0.25) is 0 Å². The highest BCUT2D eigenvalue weighted by Crippen LogP contribution is 2.23. The van der Waals surface area contributed by atoms with Gasteiger partial charge in [0.25, 0.3) is 0 Å². The van der Waals surface area contributed by atoms with Gasteiger partial charge in [-0.15, -0.1) is 13.2 Å². The number of hydrogen-bond acceptors (Lipinski definition) is 3. The summed E-state index contributed by atoms with van der Waals surface area (Å²) in [7, 11) is 0. The molecule has 0 radical (unpaired) electrons. The van der Waals surface area contributed by atoms with Crippen LogP contribution < -0.4 is 4.74 Å². The second kappa shape index (κ2) is 6.64. The minimum atomic E-state index is -4.78. The highest BCUT2D eigenvalue weighted by Gasteiger charge is 2.31. The molecule has 0 spiro atoms. The third kappa shape index (κ3) is 4.95. The van der Waals surface area contributed by atoms with Crippen molar-refractivity contribution in [3.63, 3.8) is 0 Å². The quantitative estimate of drug-likeness (QED) is 0.607. The Kier molecular flexibility index (Phi) is 4.83. The van der Waals surface area contributed by atoms with E-state index in [4.69, 9.17) is 0 Å². The number of alkyl halides is 3. The van der Waals surface area contributed by atoms with Crippen molar-refractivity contribution in [1.82, 2.24) is 0 Å². The summed E-state index contributed by atoms with van der Waals surface area (Å²) in [5.41, 5.74) is 1.56. The summed E-state index contributed by atoms with van der Waals surface area (Å²) in [4.78, 5) is 24.0. The van der Waals surface area contributed by atoms with E-state index in [0.717, 1.165) is 17.7 Å². The number of halogens is 3. The highest BCUT2D eigenvalue weighted by molar-refractivity contribution is 6.13. The Balaban J connectivity index is 2.03. The Hall–Kier alpha value is -2.63. The lowest BCUT2D eigenvalue weighted by Crippen LogP contribution is -2.17. The summed E-state index contributed by atoms with van der Waals surface area (Å²) in [5.74, 6) is -1.22. The lowest BCUT2D eigenvalue weighted by atomic mass is 10.0. The number of Topliss-reactive ketones (excluding diaryl/α,β-unsaturated/α-hetero) is 2. The monoisotopic (exact) mass is 322 g/mol. The summed E-state index contributed by atoms with van der Waals surface area (Å²) in [6.07, 6.45) is -5.13. The van der Waals surface area contributed by atoms with Gasteiger partial charge in [-0.1, -0.05) is 29.8 Å². The second-order valence-electron chi connectivity index (χ2n) is 4.96. The van der Waals surface area contributed by atoms with Gasteiger partial charge in [-0.3, -0.25) is 9.59 Å². The molecule has 0 aliphatic rings. The van der Waals surface area contributed by atoms with Crippen LogP contribution in [0.1, 0.15) is 32.7 Å². The van der Waals surface area contributed by atoms with Gasteiger partial charge in [-0.25, -0.2) is 0 Å². The summed E-state index contributed by atoms with van der Waals surface area (Å²) in [6, 6.07) is 11.3. The number of rotatable bonds is 5. The van der Waals surface area contributed by atoms with Crippen LogP contribution in [0, 0.1) is 6.92 Å². The van der Waals surface area contributed by atoms with Crippen LogP contribution in [0.15, 0.2) is 48.5 Å². The minimum absolute atomic E-state index is 0.153. The number of hydrogen-bond donors (Lipinski definition) is 0. The zero-order valence-electron chi connectivity index (χ0n) is 12.2. The molecule has 0 saturated heterocycles. The van der Waals surface area contributed by atoms with E-state index >= 15 is 0 Å². The molecular weight excluding hydrogens is 309 g/mol. The molecule has 0 bridgehead atoms. The first-order valence-corrected chi connectivity index (χ1v) is 6.73. The van der Waals surface area contributed by atoms with Crippen molar-refractivity contribution in [3.8, 4) is 5.75 Å². The number of carbonyl (C=O) groups is 2. The molecule has 0 unspecified atom stereocenters. The number of ether oxygens (including phenoxy) is 1. The summed E-state index contributed by atoms with van der Waals surface area (Å²) in [5, 5.41) is 0. The molecule has 0 N–H and O–H groups in total. The largest absolute Gasteiger partial charge is 0.573 e. The molecule has 3 nitrogen and oxygen atoms in total. The van der Waals surface area contributed by atoms with E-state index in [1.807, 2.05) is 6.92 Å². The van der Waals surface area contributed by atoms with Gasteiger partial charge >= 0.3 is 6.36 Å². The molecule has 0 fully saturated rings. The predicted molar refractivity (Wildman–Crippen MR) is 77.6 cm³/mol. The van der Waals surface area contributed by atoms with Crippen molar-refractivity contribution in [2.75, 3.05) is 0 Å². The third-order valence-corrected chi connectivity index (χ3v) is 3.10. The number of carbonyl (C=O) groups excluding carboxylic acids is 2. The first kappa shape index (κ1) is 16.7. The number of aryl methyl sites for hydroxylation is 1. The van der Waals surface area contributed by atoms with Gasteiger partial charge in [-0.2, -0.15) is 0 Å². The van der Waals surface area contributed by atoms with Crippen molar-refractivity contribution in [2.45, 2.75) is 19.7 Å². The van der Waals surface area contributed by atoms with E-state index in [-0.39, 0.29) is 17.8 Å². The Labute approximate surface area is 130 Å². The van der Waals surface area contributed by atoms with Crippen molar-refractivity contribution >= 4 is 11.6 Å². The van der Waals surface area contributed by atoms with Crippen molar-refractivity contribution in [3.05, 3.63) is 65.2 Å². The standard InChI is InChI=1S/C17H13F3O3/c1-11-2-4-12(5-3-11)15(21)10-16(22)13-6-8-14(9-7-13)23-17(18,19)20/h2-9H,10H2,1H3. The first-order chi connectivity index (χ1) is 10.7. The van der Waals surface area contributed by atoms with Crippen molar-refractivity contribution in [1.29, 1.82) is 0 Å². The van der Waals surface area contributed by atoms with E-state index in [2.05, 4.69) is 4.74 Å². The zero-order chi connectivity index (χ0) is 17.0. The fourth-order valence-electron chi connectivity index (χ4n) is 1.93. The van der Waals surface area contributed by atoms with E-state index in [9.17, 15) is 22.8 Å². The maximum atomic E-state index is 12.1. The zero-order valence-corrected chi connectivity index (χ0v) is 12.2. The van der Waals surface area contributed by atoms with Gasteiger partial charge in [-0.05, 0) is 31.2 Å². The van der Waals surface area contributed by atoms with Gasteiger partial charge in [0.05, 0.1) is 6.42 Å². The first-order valence-electron chi connectivity index (χ1n) is 6.73. The Morgan fingerprint density at radius 3 is 1.74 bits per heavy atom. The van der Waals surface area contributed by atoms with Crippen molar-refractivity contribution in [2.24, 2.45) is 0 Å². The summed E-state index contributed by atoms with van der Waals surface area (Å²) in [6.45, 7) is 1.88. The van der Waals surface area contributed by atoms with Crippen LogP contribution in [-0.4, -0.2) is 17.9 Å². The third-order valence-electron chi connectivity index (χ3n) is 3.10.